The highest BCUT2D eigenvalue weighted by molar-refractivity contribution is 8.00. The average molecular weight is 253 g/mol. The van der Waals surface area contributed by atoms with Crippen LogP contribution < -0.4 is 0 Å². The predicted octanol–water partition coefficient (Wildman–Crippen LogP) is 1.57. The van der Waals surface area contributed by atoms with Crippen molar-refractivity contribution < 1.29 is 9.53 Å². The van der Waals surface area contributed by atoms with Crippen LogP contribution in [0.25, 0.3) is 0 Å². The third-order valence-corrected chi connectivity index (χ3v) is 3.77. The summed E-state index contributed by atoms with van der Waals surface area (Å²) in [5.41, 5.74) is 0. The lowest BCUT2D eigenvalue weighted by atomic mass is 10.3. The van der Waals surface area contributed by atoms with Crippen LogP contribution in [0.1, 0.15) is 19.2 Å². The number of aromatic nitrogens is 3. The minimum atomic E-state index is -0.169. The van der Waals surface area contributed by atoms with Gasteiger partial charge in [0.05, 0.1) is 0 Å². The number of aryl methyl sites for hydroxylation is 1. The van der Waals surface area contributed by atoms with E-state index in [2.05, 4.69) is 16.8 Å². The summed E-state index contributed by atoms with van der Waals surface area (Å²) in [5.74, 6) is 0.667. The molecule has 1 aliphatic heterocycles. The highest BCUT2D eigenvalue weighted by Crippen LogP contribution is 2.31. The Morgan fingerprint density at radius 2 is 2.41 bits per heavy atom. The molecule has 0 N–H and O–H groups in total. The maximum Gasteiger partial charge on any atom is 0.319 e. The molecule has 1 aromatic heterocycles. The molecule has 1 saturated heterocycles. The topological polar surface area (TPSA) is 57.0 Å². The van der Waals surface area contributed by atoms with Gasteiger partial charge < -0.3 is 9.30 Å². The van der Waals surface area contributed by atoms with E-state index in [0.29, 0.717) is 6.54 Å². The zero-order valence-electron chi connectivity index (χ0n) is 9.92. The normalized spacial score (nSPS) is 23.8. The molecule has 0 spiro atoms. The summed E-state index contributed by atoms with van der Waals surface area (Å²) < 4.78 is 7.05. The zero-order valence-corrected chi connectivity index (χ0v) is 10.7. The van der Waals surface area contributed by atoms with Gasteiger partial charge in [0.15, 0.2) is 5.16 Å². The molecule has 0 aliphatic carbocycles. The SMILES string of the molecule is C=CCn1c(C)nnc1S[C@@H]1C[C@H](C)OC1=O. The Kier molecular flexibility index (Phi) is 3.51. The minimum Gasteiger partial charge on any atom is -0.462 e. The van der Waals surface area contributed by atoms with Crippen LogP contribution in [0.4, 0.5) is 0 Å². The van der Waals surface area contributed by atoms with E-state index in [4.69, 9.17) is 4.74 Å². The molecule has 1 aromatic rings. The predicted molar refractivity (Wildman–Crippen MR) is 64.8 cm³/mol. The number of rotatable bonds is 4. The molecule has 0 saturated carbocycles. The fraction of sp³-hybridized carbons (Fsp3) is 0.545. The summed E-state index contributed by atoms with van der Waals surface area (Å²) in [4.78, 5) is 11.5. The van der Waals surface area contributed by atoms with Crippen LogP contribution in [0, 0.1) is 6.92 Å². The standard InChI is InChI=1S/C11H15N3O2S/c1-4-5-14-8(3)12-13-11(14)17-9-6-7(2)16-10(9)15/h4,7,9H,1,5-6H2,2-3H3/t7-,9+/m0/s1. The van der Waals surface area contributed by atoms with Gasteiger partial charge in [-0.1, -0.05) is 17.8 Å². The third kappa shape index (κ3) is 2.52. The van der Waals surface area contributed by atoms with Crippen molar-refractivity contribution >= 4 is 17.7 Å². The van der Waals surface area contributed by atoms with Gasteiger partial charge in [0.1, 0.15) is 17.2 Å². The van der Waals surface area contributed by atoms with Crippen molar-refractivity contribution in [3.05, 3.63) is 18.5 Å². The first-order chi connectivity index (χ1) is 8.11. The first-order valence-corrected chi connectivity index (χ1v) is 6.37. The molecular formula is C11H15N3O2S. The van der Waals surface area contributed by atoms with Crippen LogP contribution in [0.5, 0.6) is 0 Å². The van der Waals surface area contributed by atoms with Gasteiger partial charge in [-0.05, 0) is 13.8 Å². The quantitative estimate of drug-likeness (QED) is 0.602. The van der Waals surface area contributed by atoms with Crippen molar-refractivity contribution in [2.75, 3.05) is 0 Å². The lowest BCUT2D eigenvalue weighted by Crippen LogP contribution is -2.11. The van der Waals surface area contributed by atoms with Gasteiger partial charge in [0.25, 0.3) is 0 Å². The van der Waals surface area contributed by atoms with Gasteiger partial charge in [0.2, 0.25) is 0 Å². The number of ether oxygens (including phenoxy) is 1. The van der Waals surface area contributed by atoms with Gasteiger partial charge in [-0.2, -0.15) is 0 Å². The van der Waals surface area contributed by atoms with Crippen molar-refractivity contribution in [3.63, 3.8) is 0 Å². The van der Waals surface area contributed by atoms with E-state index < -0.39 is 0 Å². The van der Waals surface area contributed by atoms with E-state index in [1.807, 2.05) is 18.4 Å². The van der Waals surface area contributed by atoms with E-state index in [1.165, 1.54) is 11.8 Å². The van der Waals surface area contributed by atoms with Crippen molar-refractivity contribution in [2.45, 2.75) is 43.3 Å². The maximum absolute atomic E-state index is 11.5. The van der Waals surface area contributed by atoms with Crippen molar-refractivity contribution in [3.8, 4) is 0 Å². The Morgan fingerprint density at radius 1 is 1.65 bits per heavy atom. The number of hydrogen-bond donors (Lipinski definition) is 0. The van der Waals surface area contributed by atoms with Crippen LogP contribution in [0.3, 0.4) is 0 Å². The number of nitrogens with zero attached hydrogens (tertiary/aromatic N) is 3. The van der Waals surface area contributed by atoms with Gasteiger partial charge in [0, 0.05) is 13.0 Å². The third-order valence-electron chi connectivity index (χ3n) is 2.59. The molecule has 2 rings (SSSR count). The molecular weight excluding hydrogens is 238 g/mol. The van der Waals surface area contributed by atoms with E-state index >= 15 is 0 Å². The summed E-state index contributed by atoms with van der Waals surface area (Å²) in [7, 11) is 0. The number of thioether (sulfide) groups is 1. The van der Waals surface area contributed by atoms with Crippen LogP contribution in [0.2, 0.25) is 0 Å². The number of esters is 1. The molecule has 6 heteroatoms. The number of cyclic esters (lactones) is 1. The van der Waals surface area contributed by atoms with Crippen LogP contribution in [-0.4, -0.2) is 32.1 Å². The van der Waals surface area contributed by atoms with Gasteiger partial charge in [-0.25, -0.2) is 0 Å². The zero-order chi connectivity index (χ0) is 12.4. The lowest BCUT2D eigenvalue weighted by molar-refractivity contribution is -0.140. The number of hydrogen-bond acceptors (Lipinski definition) is 5. The lowest BCUT2D eigenvalue weighted by Gasteiger charge is -2.07. The van der Waals surface area contributed by atoms with Crippen molar-refractivity contribution in [1.82, 2.24) is 14.8 Å². The Bertz CT molecular complexity index is 444. The smallest absolute Gasteiger partial charge is 0.319 e. The molecule has 1 aliphatic rings. The van der Waals surface area contributed by atoms with Crippen LogP contribution in [0.15, 0.2) is 17.8 Å². The monoisotopic (exact) mass is 253 g/mol. The van der Waals surface area contributed by atoms with Crippen molar-refractivity contribution in [1.29, 1.82) is 0 Å². The van der Waals surface area contributed by atoms with Crippen molar-refractivity contribution in [2.24, 2.45) is 0 Å². The first kappa shape index (κ1) is 12.2. The molecule has 0 amide bonds. The Labute approximate surface area is 104 Å². The van der Waals surface area contributed by atoms with E-state index in [9.17, 15) is 4.79 Å². The molecule has 1 fully saturated rings. The average Bonchev–Trinajstić information content (AvgIpc) is 2.76. The van der Waals surface area contributed by atoms with Crippen LogP contribution in [-0.2, 0) is 16.1 Å². The molecule has 0 unspecified atom stereocenters. The highest BCUT2D eigenvalue weighted by atomic mass is 32.2. The summed E-state index contributed by atoms with van der Waals surface area (Å²) in [5, 5.41) is 8.67. The summed E-state index contributed by atoms with van der Waals surface area (Å²) in [6.45, 7) is 8.14. The van der Waals surface area contributed by atoms with Gasteiger partial charge >= 0.3 is 5.97 Å². The molecule has 0 aromatic carbocycles. The molecule has 0 radical (unpaired) electrons. The second-order valence-electron chi connectivity index (χ2n) is 4.02. The minimum absolute atomic E-state index is 0.00290. The summed E-state index contributed by atoms with van der Waals surface area (Å²) in [6, 6.07) is 0. The second kappa shape index (κ2) is 4.91. The molecule has 17 heavy (non-hydrogen) atoms. The van der Waals surface area contributed by atoms with E-state index in [1.54, 1.807) is 6.08 Å². The first-order valence-electron chi connectivity index (χ1n) is 5.49. The molecule has 2 atom stereocenters. The highest BCUT2D eigenvalue weighted by Gasteiger charge is 2.34. The second-order valence-corrected chi connectivity index (χ2v) is 5.19. The number of carbonyl (C=O) groups excluding carboxylic acids is 1. The summed E-state index contributed by atoms with van der Waals surface area (Å²) >= 11 is 1.42. The molecule has 92 valence electrons. The molecule has 5 nitrogen and oxygen atoms in total. The fourth-order valence-corrected chi connectivity index (χ4v) is 2.93. The maximum atomic E-state index is 11.5. The van der Waals surface area contributed by atoms with E-state index in [-0.39, 0.29) is 17.3 Å². The Hall–Kier alpha value is -1.30. The number of allylic oxidation sites excluding steroid dienone is 1. The Balaban J connectivity index is 2.13. The number of carbonyl (C=O) groups is 1. The van der Waals surface area contributed by atoms with Gasteiger partial charge in [-0.15, -0.1) is 16.8 Å². The summed E-state index contributed by atoms with van der Waals surface area (Å²) in [6.07, 6.45) is 2.51. The van der Waals surface area contributed by atoms with Crippen LogP contribution >= 0.6 is 11.8 Å². The largest absolute Gasteiger partial charge is 0.462 e. The molecule has 0 bridgehead atoms. The van der Waals surface area contributed by atoms with E-state index in [0.717, 1.165) is 17.4 Å². The fourth-order valence-electron chi connectivity index (χ4n) is 1.73. The Morgan fingerprint density at radius 3 is 3.00 bits per heavy atom. The van der Waals surface area contributed by atoms with Gasteiger partial charge in [-0.3, -0.25) is 4.79 Å². The molecule has 2 heterocycles.